The van der Waals surface area contributed by atoms with Gasteiger partial charge < -0.3 is 24.1 Å². The molecule has 0 radical (unpaired) electrons. The summed E-state index contributed by atoms with van der Waals surface area (Å²) in [5.41, 5.74) is -1.05. The van der Waals surface area contributed by atoms with Crippen molar-refractivity contribution in [3.8, 4) is 5.75 Å². The number of carbonyl (C=O) groups is 1. The van der Waals surface area contributed by atoms with Crippen molar-refractivity contribution >= 4 is 19.3 Å². The van der Waals surface area contributed by atoms with Crippen molar-refractivity contribution in [2.75, 3.05) is 13.7 Å². The fraction of sp³-hybridized carbons (Fsp3) is 0.571. The van der Waals surface area contributed by atoms with Crippen molar-refractivity contribution in [3.63, 3.8) is 0 Å². The highest BCUT2D eigenvalue weighted by Gasteiger charge is 2.52. The van der Waals surface area contributed by atoms with Crippen LogP contribution in [0, 0.1) is 11.6 Å². The predicted molar refractivity (Wildman–Crippen MR) is 111 cm³/mol. The summed E-state index contributed by atoms with van der Waals surface area (Å²) in [5.74, 6) is -2.35. The van der Waals surface area contributed by atoms with E-state index in [0.29, 0.717) is 11.0 Å². The fourth-order valence-electron chi connectivity index (χ4n) is 2.71. The summed E-state index contributed by atoms with van der Waals surface area (Å²) in [6.45, 7) is 12.9. The average molecular weight is 425 g/mol. The lowest BCUT2D eigenvalue weighted by molar-refractivity contribution is 0.00578. The van der Waals surface area contributed by atoms with Crippen LogP contribution in [0.1, 0.15) is 54.0 Å². The van der Waals surface area contributed by atoms with Gasteiger partial charge in [0.15, 0.2) is 11.6 Å². The van der Waals surface area contributed by atoms with E-state index in [4.69, 9.17) is 18.8 Å². The first kappa shape index (κ1) is 24.1. The highest BCUT2D eigenvalue weighted by Crippen LogP contribution is 2.39. The maximum atomic E-state index is 14.0. The molecule has 2 rings (SSSR count). The van der Waals surface area contributed by atoms with E-state index >= 15 is 0 Å². The molecule has 9 heteroatoms. The average Bonchev–Trinajstić information content (AvgIpc) is 2.80. The number of hydrogen-bond donors (Lipinski definition) is 1. The van der Waals surface area contributed by atoms with Gasteiger partial charge in [-0.25, -0.2) is 9.18 Å². The van der Waals surface area contributed by atoms with Crippen LogP contribution in [-0.2, 0) is 14.0 Å². The lowest BCUT2D eigenvalue weighted by Gasteiger charge is -2.32. The van der Waals surface area contributed by atoms with Gasteiger partial charge in [0.05, 0.1) is 18.3 Å². The molecule has 1 heterocycles. The topological polar surface area (TPSA) is 66.0 Å². The van der Waals surface area contributed by atoms with Crippen molar-refractivity contribution in [2.45, 2.75) is 65.3 Å². The van der Waals surface area contributed by atoms with Crippen LogP contribution < -0.4 is 10.1 Å². The Labute approximate surface area is 177 Å². The summed E-state index contributed by atoms with van der Waals surface area (Å²) in [5, 5.41) is 2.66. The van der Waals surface area contributed by atoms with Crippen LogP contribution in [0.2, 0.25) is 0 Å². The number of alkyl carbamates (subject to hydrolysis) is 1. The zero-order chi connectivity index (χ0) is 22.9. The first-order valence-electron chi connectivity index (χ1n) is 9.71. The first-order valence-corrected chi connectivity index (χ1v) is 9.71. The smallest absolute Gasteiger partial charge is 0.492 e. The normalized spacial score (nSPS) is 18.3. The van der Waals surface area contributed by atoms with Gasteiger partial charge in [0.1, 0.15) is 5.60 Å². The molecule has 0 unspecified atom stereocenters. The second kappa shape index (κ2) is 8.55. The van der Waals surface area contributed by atoms with Crippen molar-refractivity contribution in [3.05, 3.63) is 34.8 Å². The molecule has 0 bridgehead atoms. The van der Waals surface area contributed by atoms with E-state index in [1.165, 1.54) is 13.2 Å². The predicted octanol–water partition coefficient (Wildman–Crippen LogP) is 4.51. The Morgan fingerprint density at radius 2 is 1.73 bits per heavy atom. The molecule has 1 aromatic carbocycles. The quantitative estimate of drug-likeness (QED) is 0.704. The van der Waals surface area contributed by atoms with E-state index in [9.17, 15) is 13.6 Å². The number of hydrogen-bond acceptors (Lipinski definition) is 5. The number of nitrogens with one attached hydrogen (secondary N) is 1. The molecule has 1 aromatic rings. The maximum Gasteiger partial charge on any atom is 0.492 e. The Hall–Kier alpha value is -2.13. The van der Waals surface area contributed by atoms with Gasteiger partial charge in [0, 0.05) is 6.54 Å². The molecule has 6 nitrogen and oxygen atoms in total. The third-order valence-corrected chi connectivity index (χ3v) is 4.98. The van der Waals surface area contributed by atoms with Gasteiger partial charge in [0.2, 0.25) is 5.82 Å². The Balaban J connectivity index is 2.36. The largest absolute Gasteiger partial charge is 0.494 e. The number of rotatable bonds is 5. The number of methoxy groups -OCH3 is 1. The number of ether oxygens (including phenoxy) is 2. The Bertz CT molecular complexity index is 817. The number of benzene rings is 1. The van der Waals surface area contributed by atoms with Gasteiger partial charge in [-0.15, -0.1) is 0 Å². The zero-order valence-corrected chi connectivity index (χ0v) is 18.8. The van der Waals surface area contributed by atoms with Crippen LogP contribution in [0.15, 0.2) is 17.6 Å². The van der Waals surface area contributed by atoms with Crippen LogP contribution in [0.3, 0.4) is 0 Å². The van der Waals surface area contributed by atoms with Gasteiger partial charge in [-0.05, 0) is 71.6 Å². The van der Waals surface area contributed by atoms with Crippen molar-refractivity contribution < 1.29 is 32.4 Å². The lowest BCUT2D eigenvalue weighted by Crippen LogP contribution is -2.41. The molecule has 1 aliphatic rings. The molecule has 1 N–H and O–H groups in total. The number of carbonyl (C=O) groups excluding carboxylic acids is 1. The SMILES string of the molecule is COc1cc(C=C(CNC(=O)OC(C)(C)C)B2OC(C)(C)C(C)(C)O2)cc(F)c1F. The van der Waals surface area contributed by atoms with Gasteiger partial charge >= 0.3 is 13.2 Å². The molecule has 30 heavy (non-hydrogen) atoms. The molecule has 0 atom stereocenters. The van der Waals surface area contributed by atoms with E-state index in [2.05, 4.69) is 5.32 Å². The molecule has 1 fully saturated rings. The van der Waals surface area contributed by atoms with E-state index in [-0.39, 0.29) is 12.3 Å². The summed E-state index contributed by atoms with van der Waals surface area (Å²) in [6, 6.07) is 2.40. The van der Waals surface area contributed by atoms with E-state index in [1.54, 1.807) is 26.8 Å². The van der Waals surface area contributed by atoms with E-state index in [0.717, 1.165) is 6.07 Å². The van der Waals surface area contributed by atoms with Crippen molar-refractivity contribution in [1.82, 2.24) is 5.32 Å². The Kier molecular flexibility index (Phi) is 6.88. The van der Waals surface area contributed by atoms with Crippen LogP contribution in [0.4, 0.5) is 13.6 Å². The summed E-state index contributed by atoms with van der Waals surface area (Å²) in [7, 11) is 0.453. The van der Waals surface area contributed by atoms with E-state index < -0.39 is 41.6 Å². The minimum absolute atomic E-state index is 0.0209. The van der Waals surface area contributed by atoms with Gasteiger partial charge in [0.25, 0.3) is 0 Å². The summed E-state index contributed by atoms with van der Waals surface area (Å²) >= 11 is 0. The Morgan fingerprint density at radius 1 is 1.17 bits per heavy atom. The highest BCUT2D eigenvalue weighted by atomic mass is 19.2. The summed E-state index contributed by atoms with van der Waals surface area (Å²) < 4.78 is 50.0. The summed E-state index contributed by atoms with van der Waals surface area (Å²) in [6.07, 6.45) is 0.956. The molecule has 0 saturated carbocycles. The number of halogens is 2. The first-order chi connectivity index (χ1) is 13.6. The summed E-state index contributed by atoms with van der Waals surface area (Å²) in [4.78, 5) is 12.1. The molecule has 0 aromatic heterocycles. The fourth-order valence-corrected chi connectivity index (χ4v) is 2.71. The van der Waals surface area contributed by atoms with Gasteiger partial charge in [-0.1, -0.05) is 6.08 Å². The third-order valence-electron chi connectivity index (χ3n) is 4.98. The number of amides is 1. The molecule has 0 aliphatic carbocycles. The minimum Gasteiger partial charge on any atom is -0.494 e. The molecular weight excluding hydrogens is 395 g/mol. The van der Waals surface area contributed by atoms with Gasteiger partial charge in [-0.3, -0.25) is 0 Å². The lowest BCUT2D eigenvalue weighted by atomic mass is 9.77. The van der Waals surface area contributed by atoms with E-state index in [1.807, 2.05) is 27.7 Å². The molecule has 1 amide bonds. The Morgan fingerprint density at radius 3 is 2.23 bits per heavy atom. The van der Waals surface area contributed by atoms with Crippen LogP contribution >= 0.6 is 0 Å². The maximum absolute atomic E-state index is 14.0. The molecule has 166 valence electrons. The molecule has 0 spiro atoms. The van der Waals surface area contributed by atoms with Crippen LogP contribution in [-0.4, -0.2) is 43.7 Å². The van der Waals surface area contributed by atoms with Crippen LogP contribution in [0.5, 0.6) is 5.75 Å². The molecule has 1 saturated heterocycles. The molecule has 1 aliphatic heterocycles. The van der Waals surface area contributed by atoms with Crippen LogP contribution in [0.25, 0.3) is 6.08 Å². The molecular formula is C21H30BF2NO5. The second-order valence-electron chi connectivity index (χ2n) is 9.18. The monoisotopic (exact) mass is 425 g/mol. The van der Waals surface area contributed by atoms with Crippen molar-refractivity contribution in [2.24, 2.45) is 0 Å². The van der Waals surface area contributed by atoms with Gasteiger partial charge in [-0.2, -0.15) is 4.39 Å². The minimum atomic E-state index is -1.07. The standard InChI is InChI=1S/C21H30BF2NO5/c1-19(2,3)28-18(26)25-12-14(22-29-20(4,5)21(6,7)30-22)9-13-10-15(23)17(24)16(11-13)27-8/h9-11H,12H2,1-8H3,(H,25,26). The third kappa shape index (κ3) is 5.73. The second-order valence-corrected chi connectivity index (χ2v) is 9.18. The zero-order valence-electron chi connectivity index (χ0n) is 18.8. The highest BCUT2D eigenvalue weighted by molar-refractivity contribution is 6.56. The van der Waals surface area contributed by atoms with Crippen molar-refractivity contribution in [1.29, 1.82) is 0 Å².